The zero-order valence-corrected chi connectivity index (χ0v) is 18.4. The first-order valence-electron chi connectivity index (χ1n) is 10.3. The van der Waals surface area contributed by atoms with Gasteiger partial charge >= 0.3 is 0 Å². The van der Waals surface area contributed by atoms with E-state index in [9.17, 15) is 13.6 Å². The van der Waals surface area contributed by atoms with E-state index in [4.69, 9.17) is 10.5 Å². The SMILES string of the molecule is COc1c(F)cc(-c2cc(C(N)=O)nc3cc(C(C)Cc4cnc(C)nc4)ccc23)cc1F. The highest BCUT2D eigenvalue weighted by Gasteiger charge is 2.18. The molecule has 1 atom stereocenters. The summed E-state index contributed by atoms with van der Waals surface area (Å²) in [6.45, 7) is 3.89. The number of halogens is 2. The molecule has 0 saturated heterocycles. The third-order valence-corrected chi connectivity index (χ3v) is 5.55. The summed E-state index contributed by atoms with van der Waals surface area (Å²) in [5.74, 6) is -2.07. The number of methoxy groups -OCH3 is 1. The zero-order chi connectivity index (χ0) is 23.7. The molecule has 0 radical (unpaired) electrons. The van der Waals surface area contributed by atoms with E-state index in [0.717, 1.165) is 23.3 Å². The van der Waals surface area contributed by atoms with Crippen LogP contribution in [-0.4, -0.2) is 28.0 Å². The lowest BCUT2D eigenvalue weighted by Crippen LogP contribution is -2.13. The number of primary amides is 1. The molecule has 6 nitrogen and oxygen atoms in total. The molecule has 4 aromatic rings. The largest absolute Gasteiger partial charge is 0.491 e. The molecule has 0 bridgehead atoms. The first-order chi connectivity index (χ1) is 15.8. The fourth-order valence-electron chi connectivity index (χ4n) is 3.82. The molecule has 8 heteroatoms. The Kier molecular flexibility index (Phi) is 6.00. The first-order valence-corrected chi connectivity index (χ1v) is 10.3. The Bertz CT molecular complexity index is 1330. The van der Waals surface area contributed by atoms with E-state index in [-0.39, 0.29) is 17.2 Å². The number of carbonyl (C=O) groups is 1. The predicted octanol–water partition coefficient (Wildman–Crippen LogP) is 4.73. The van der Waals surface area contributed by atoms with Gasteiger partial charge in [0.2, 0.25) is 0 Å². The minimum atomic E-state index is -0.844. The second kappa shape index (κ2) is 8.90. The molecule has 2 aromatic carbocycles. The lowest BCUT2D eigenvalue weighted by atomic mass is 9.92. The highest BCUT2D eigenvalue weighted by atomic mass is 19.1. The van der Waals surface area contributed by atoms with Crippen LogP contribution in [0.15, 0.2) is 48.8 Å². The Labute approximate surface area is 189 Å². The van der Waals surface area contributed by atoms with Gasteiger partial charge in [0.1, 0.15) is 11.5 Å². The summed E-state index contributed by atoms with van der Waals surface area (Å²) in [6.07, 6.45) is 4.31. The van der Waals surface area contributed by atoms with E-state index in [0.29, 0.717) is 28.7 Å². The molecule has 168 valence electrons. The Morgan fingerprint density at radius 3 is 2.36 bits per heavy atom. The van der Waals surface area contributed by atoms with Gasteiger partial charge in [-0.15, -0.1) is 0 Å². The summed E-state index contributed by atoms with van der Waals surface area (Å²) < 4.78 is 33.5. The van der Waals surface area contributed by atoms with E-state index in [1.807, 2.05) is 25.1 Å². The van der Waals surface area contributed by atoms with Crippen molar-refractivity contribution in [2.75, 3.05) is 7.11 Å². The average Bonchev–Trinajstić information content (AvgIpc) is 2.79. The van der Waals surface area contributed by atoms with E-state index >= 15 is 0 Å². The number of nitrogens with zero attached hydrogens (tertiary/aromatic N) is 3. The van der Waals surface area contributed by atoms with E-state index in [1.165, 1.54) is 13.2 Å². The van der Waals surface area contributed by atoms with Crippen LogP contribution in [0, 0.1) is 18.6 Å². The number of carbonyl (C=O) groups excluding carboxylic acids is 1. The maximum Gasteiger partial charge on any atom is 0.267 e. The molecule has 0 aliphatic rings. The normalized spacial score (nSPS) is 12.0. The molecule has 0 fully saturated rings. The minimum Gasteiger partial charge on any atom is -0.491 e. The molecule has 33 heavy (non-hydrogen) atoms. The van der Waals surface area contributed by atoms with Crippen LogP contribution in [0.1, 0.15) is 40.3 Å². The molecule has 0 aliphatic carbocycles. The standard InChI is InChI=1S/C25H22F2N4O2/c1-13(6-15-11-29-14(2)30-12-15)16-4-5-18-19(10-23(25(28)32)31-22(18)9-16)17-7-20(26)24(33-3)21(27)8-17/h4-5,7-13H,6H2,1-3H3,(H2,28,32). The van der Waals surface area contributed by atoms with Crippen LogP contribution in [0.5, 0.6) is 5.75 Å². The molecule has 4 rings (SSSR count). The highest BCUT2D eigenvalue weighted by molar-refractivity contribution is 6.01. The van der Waals surface area contributed by atoms with Crippen LogP contribution in [0.4, 0.5) is 8.78 Å². The molecule has 1 amide bonds. The number of hydrogen-bond acceptors (Lipinski definition) is 5. The highest BCUT2D eigenvalue weighted by Crippen LogP contribution is 2.34. The minimum absolute atomic E-state index is 0.00544. The van der Waals surface area contributed by atoms with Gasteiger partial charge in [-0.05, 0) is 65.8 Å². The Balaban J connectivity index is 1.80. The van der Waals surface area contributed by atoms with E-state index < -0.39 is 23.3 Å². The van der Waals surface area contributed by atoms with Crippen molar-refractivity contribution < 1.29 is 18.3 Å². The Morgan fingerprint density at radius 2 is 1.76 bits per heavy atom. The second-order valence-corrected chi connectivity index (χ2v) is 7.91. The molecular weight excluding hydrogens is 426 g/mol. The first kappa shape index (κ1) is 22.3. The molecule has 0 saturated carbocycles. The van der Waals surface area contributed by atoms with Crippen molar-refractivity contribution in [3.05, 3.63) is 83.1 Å². The third-order valence-electron chi connectivity index (χ3n) is 5.55. The third kappa shape index (κ3) is 4.50. The topological polar surface area (TPSA) is 91.0 Å². The smallest absolute Gasteiger partial charge is 0.267 e. The van der Waals surface area contributed by atoms with E-state index in [1.54, 1.807) is 12.4 Å². The maximum absolute atomic E-state index is 14.4. The molecule has 0 aliphatic heterocycles. The summed E-state index contributed by atoms with van der Waals surface area (Å²) in [7, 11) is 1.19. The van der Waals surface area contributed by atoms with Gasteiger partial charge in [0, 0.05) is 17.8 Å². The number of nitrogens with two attached hydrogens (primary N) is 1. The Hall–Kier alpha value is -3.94. The summed E-state index contributed by atoms with van der Waals surface area (Å²) in [5.41, 5.74) is 8.67. The van der Waals surface area contributed by atoms with E-state index in [2.05, 4.69) is 21.9 Å². The number of hydrogen-bond donors (Lipinski definition) is 1. The van der Waals surface area contributed by atoms with Crippen molar-refractivity contribution >= 4 is 16.8 Å². The van der Waals surface area contributed by atoms with Crippen LogP contribution in [0.3, 0.4) is 0 Å². The fraction of sp³-hybridized carbons (Fsp3) is 0.200. The van der Waals surface area contributed by atoms with Gasteiger partial charge in [0.05, 0.1) is 12.6 Å². The van der Waals surface area contributed by atoms with Crippen LogP contribution < -0.4 is 10.5 Å². The quantitative estimate of drug-likeness (QED) is 0.460. The van der Waals surface area contributed by atoms with Gasteiger partial charge in [-0.2, -0.15) is 0 Å². The van der Waals surface area contributed by atoms with Crippen LogP contribution in [-0.2, 0) is 6.42 Å². The van der Waals surface area contributed by atoms with Crippen LogP contribution >= 0.6 is 0 Å². The van der Waals surface area contributed by atoms with Crippen molar-refractivity contribution in [3.8, 4) is 16.9 Å². The lowest BCUT2D eigenvalue weighted by Gasteiger charge is -2.15. The van der Waals surface area contributed by atoms with Gasteiger partial charge in [-0.25, -0.2) is 23.7 Å². The predicted molar refractivity (Wildman–Crippen MR) is 121 cm³/mol. The summed E-state index contributed by atoms with van der Waals surface area (Å²) >= 11 is 0. The van der Waals surface area contributed by atoms with Crippen LogP contribution in [0.2, 0.25) is 0 Å². The monoisotopic (exact) mass is 448 g/mol. The maximum atomic E-state index is 14.4. The zero-order valence-electron chi connectivity index (χ0n) is 18.4. The van der Waals surface area contributed by atoms with Crippen molar-refractivity contribution in [2.24, 2.45) is 5.73 Å². The Morgan fingerprint density at radius 1 is 1.09 bits per heavy atom. The number of aryl methyl sites for hydroxylation is 1. The number of ether oxygens (including phenoxy) is 1. The molecule has 1 unspecified atom stereocenters. The second-order valence-electron chi connectivity index (χ2n) is 7.91. The molecular formula is C25H22F2N4O2. The number of fused-ring (bicyclic) bond motifs is 1. The summed E-state index contributed by atoms with van der Waals surface area (Å²) in [5, 5.41) is 0.638. The van der Waals surface area contributed by atoms with Crippen molar-refractivity contribution in [3.63, 3.8) is 0 Å². The number of benzene rings is 2. The van der Waals surface area contributed by atoms with Gasteiger partial charge in [0.25, 0.3) is 5.91 Å². The molecule has 2 N–H and O–H groups in total. The van der Waals surface area contributed by atoms with Crippen molar-refractivity contribution in [1.29, 1.82) is 0 Å². The summed E-state index contributed by atoms with van der Waals surface area (Å²) in [4.78, 5) is 24.8. The van der Waals surface area contributed by atoms with Crippen LogP contribution in [0.25, 0.3) is 22.0 Å². The molecule has 2 heterocycles. The average molecular weight is 448 g/mol. The molecule has 2 aromatic heterocycles. The van der Waals surface area contributed by atoms with Gasteiger partial charge in [-0.3, -0.25) is 4.79 Å². The van der Waals surface area contributed by atoms with Crippen molar-refractivity contribution in [1.82, 2.24) is 15.0 Å². The fourth-order valence-corrected chi connectivity index (χ4v) is 3.82. The summed E-state index contributed by atoms with van der Waals surface area (Å²) in [6, 6.07) is 9.40. The number of aromatic nitrogens is 3. The number of amides is 1. The number of rotatable bonds is 6. The lowest BCUT2D eigenvalue weighted by molar-refractivity contribution is 0.0996. The van der Waals surface area contributed by atoms with Gasteiger partial charge < -0.3 is 10.5 Å². The van der Waals surface area contributed by atoms with Gasteiger partial charge in [-0.1, -0.05) is 19.1 Å². The number of pyridine rings is 1. The van der Waals surface area contributed by atoms with Crippen molar-refractivity contribution in [2.45, 2.75) is 26.2 Å². The van der Waals surface area contributed by atoms with Gasteiger partial charge in [0.15, 0.2) is 17.4 Å². The molecule has 0 spiro atoms.